The summed E-state index contributed by atoms with van der Waals surface area (Å²) in [7, 11) is 0. The van der Waals surface area contributed by atoms with Gasteiger partial charge in [-0.3, -0.25) is 10.00 Å². The van der Waals surface area contributed by atoms with E-state index in [1.807, 2.05) is 6.20 Å². The average Bonchev–Trinajstić information content (AvgIpc) is 3.37. The van der Waals surface area contributed by atoms with Gasteiger partial charge in [-0.05, 0) is 38.3 Å². The van der Waals surface area contributed by atoms with E-state index in [4.69, 9.17) is 14.7 Å². The molecule has 0 atom stereocenters. The van der Waals surface area contributed by atoms with Gasteiger partial charge in [0.25, 0.3) is 0 Å². The van der Waals surface area contributed by atoms with Gasteiger partial charge in [0.2, 0.25) is 0 Å². The lowest BCUT2D eigenvalue weighted by Crippen LogP contribution is -2.37. The lowest BCUT2D eigenvalue weighted by molar-refractivity contribution is 0.0331. The molecule has 2 saturated heterocycles. The first kappa shape index (κ1) is 19.0. The molecule has 2 aliphatic rings. The second-order valence-corrected chi connectivity index (χ2v) is 9.29. The van der Waals surface area contributed by atoms with Crippen LogP contribution in [0.5, 0.6) is 0 Å². The van der Waals surface area contributed by atoms with Gasteiger partial charge in [0, 0.05) is 48.9 Å². The number of hydrogen-bond donors (Lipinski definition) is 1. The predicted octanol–water partition coefficient (Wildman–Crippen LogP) is 3.25. The fourth-order valence-corrected chi connectivity index (χ4v) is 5.47. The van der Waals surface area contributed by atoms with E-state index in [0.717, 1.165) is 75.3 Å². The minimum Gasteiger partial charge on any atom is -0.379 e. The van der Waals surface area contributed by atoms with Crippen molar-refractivity contribution in [3.05, 3.63) is 34.2 Å². The molecule has 0 bridgehead atoms. The molecule has 1 N–H and O–H groups in total. The van der Waals surface area contributed by atoms with Crippen molar-refractivity contribution in [1.29, 1.82) is 0 Å². The maximum atomic E-state index is 5.49. The number of aromatic amines is 1. The molecule has 0 aromatic carbocycles. The van der Waals surface area contributed by atoms with Gasteiger partial charge < -0.3 is 9.64 Å². The third-order valence-corrected chi connectivity index (χ3v) is 7.38. The molecule has 0 radical (unpaired) electrons. The Morgan fingerprint density at radius 2 is 1.93 bits per heavy atom. The zero-order valence-corrected chi connectivity index (χ0v) is 18.0. The number of hydrogen-bond acceptors (Lipinski definition) is 7. The number of fused-ring (bicyclic) bond motifs is 1. The monoisotopic (exact) mass is 412 g/mol. The molecule has 7 nitrogen and oxygen atoms in total. The van der Waals surface area contributed by atoms with Gasteiger partial charge in [0.15, 0.2) is 0 Å². The molecule has 2 aliphatic heterocycles. The van der Waals surface area contributed by atoms with Crippen LogP contribution in [0.3, 0.4) is 0 Å². The average molecular weight is 413 g/mol. The van der Waals surface area contributed by atoms with E-state index in [1.54, 1.807) is 11.3 Å². The highest BCUT2D eigenvalue weighted by molar-refractivity contribution is 7.18. The van der Waals surface area contributed by atoms with Crippen LogP contribution in [0.15, 0.2) is 12.3 Å². The van der Waals surface area contributed by atoms with Crippen molar-refractivity contribution in [1.82, 2.24) is 25.1 Å². The van der Waals surface area contributed by atoms with Crippen molar-refractivity contribution in [2.24, 2.45) is 0 Å². The maximum absolute atomic E-state index is 5.49. The molecule has 3 aromatic rings. The number of aryl methyl sites for hydroxylation is 2. The number of nitrogens with zero attached hydrogens (tertiary/aromatic N) is 5. The summed E-state index contributed by atoms with van der Waals surface area (Å²) in [5, 5.41) is 8.52. The standard InChI is InChI=1S/C21H28N6OS/c1-14-15(2)29-21-19(14)20(23-18(24-21)13-26-9-11-28-12-10-26)27-7-4-16(5-8-27)17-3-6-22-25-17/h3,6,16H,4-5,7-13H2,1-2H3,(H,22,25). The van der Waals surface area contributed by atoms with E-state index in [2.05, 4.69) is 39.9 Å². The summed E-state index contributed by atoms with van der Waals surface area (Å²) in [5.74, 6) is 2.62. The summed E-state index contributed by atoms with van der Waals surface area (Å²) in [6, 6.07) is 2.11. The molecule has 2 fully saturated rings. The molecule has 3 aromatic heterocycles. The largest absolute Gasteiger partial charge is 0.379 e. The van der Waals surface area contributed by atoms with E-state index in [1.165, 1.54) is 21.5 Å². The molecule has 29 heavy (non-hydrogen) atoms. The quantitative estimate of drug-likeness (QED) is 0.709. The first-order chi connectivity index (χ1) is 14.2. The zero-order valence-electron chi connectivity index (χ0n) is 17.1. The number of ether oxygens (including phenoxy) is 1. The van der Waals surface area contributed by atoms with Gasteiger partial charge in [-0.25, -0.2) is 9.97 Å². The van der Waals surface area contributed by atoms with Crippen LogP contribution in [0.25, 0.3) is 10.2 Å². The van der Waals surface area contributed by atoms with Crippen LogP contribution in [0.1, 0.15) is 40.7 Å². The van der Waals surface area contributed by atoms with Crippen molar-refractivity contribution < 1.29 is 4.74 Å². The third kappa shape index (κ3) is 3.76. The zero-order chi connectivity index (χ0) is 19.8. The second kappa shape index (κ2) is 8.01. The highest BCUT2D eigenvalue weighted by atomic mass is 32.1. The molecule has 0 unspecified atom stereocenters. The Hall–Kier alpha value is -2.03. The first-order valence-electron chi connectivity index (χ1n) is 10.5. The molecule has 0 spiro atoms. The van der Waals surface area contributed by atoms with E-state index in [-0.39, 0.29) is 0 Å². The Kier molecular flexibility index (Phi) is 5.24. The molecule has 5 heterocycles. The minimum atomic E-state index is 0.559. The molecular formula is C21H28N6OS. The number of nitrogens with one attached hydrogen (secondary N) is 1. The Morgan fingerprint density at radius 3 is 2.66 bits per heavy atom. The number of morpholine rings is 1. The molecule has 154 valence electrons. The number of thiophene rings is 1. The highest BCUT2D eigenvalue weighted by Gasteiger charge is 2.26. The van der Waals surface area contributed by atoms with E-state index in [9.17, 15) is 0 Å². The predicted molar refractivity (Wildman–Crippen MR) is 116 cm³/mol. The Labute approximate surface area is 175 Å². The normalized spacial score (nSPS) is 19.3. The van der Waals surface area contributed by atoms with Gasteiger partial charge in [0.1, 0.15) is 16.5 Å². The number of H-pyrrole nitrogens is 1. The molecule has 0 amide bonds. The van der Waals surface area contributed by atoms with Crippen LogP contribution in [-0.4, -0.2) is 64.5 Å². The summed E-state index contributed by atoms with van der Waals surface area (Å²) in [6.07, 6.45) is 4.09. The van der Waals surface area contributed by atoms with E-state index >= 15 is 0 Å². The summed E-state index contributed by atoms with van der Waals surface area (Å²) in [4.78, 5) is 17.4. The Balaban J connectivity index is 1.43. The van der Waals surface area contributed by atoms with Crippen molar-refractivity contribution in [2.75, 3.05) is 44.3 Å². The van der Waals surface area contributed by atoms with Gasteiger partial charge in [-0.2, -0.15) is 5.10 Å². The summed E-state index contributed by atoms with van der Waals surface area (Å²) in [5.41, 5.74) is 2.58. The van der Waals surface area contributed by atoms with Gasteiger partial charge in [-0.15, -0.1) is 11.3 Å². The summed E-state index contributed by atoms with van der Waals surface area (Å²) >= 11 is 1.80. The lowest BCUT2D eigenvalue weighted by Gasteiger charge is -2.33. The topological polar surface area (TPSA) is 70.2 Å². The van der Waals surface area contributed by atoms with Gasteiger partial charge in [0.05, 0.1) is 25.1 Å². The fourth-order valence-electron chi connectivity index (χ4n) is 4.43. The molecular weight excluding hydrogens is 384 g/mol. The minimum absolute atomic E-state index is 0.559. The maximum Gasteiger partial charge on any atom is 0.146 e. The number of rotatable bonds is 4. The lowest BCUT2D eigenvalue weighted by atomic mass is 9.93. The summed E-state index contributed by atoms with van der Waals surface area (Å²) < 4.78 is 5.49. The van der Waals surface area contributed by atoms with Crippen molar-refractivity contribution >= 4 is 27.4 Å². The summed E-state index contributed by atoms with van der Waals surface area (Å²) in [6.45, 7) is 10.7. The van der Waals surface area contributed by atoms with Gasteiger partial charge >= 0.3 is 0 Å². The van der Waals surface area contributed by atoms with Crippen LogP contribution >= 0.6 is 11.3 Å². The molecule has 0 aliphatic carbocycles. The highest BCUT2D eigenvalue weighted by Crippen LogP contribution is 2.37. The van der Waals surface area contributed by atoms with E-state index < -0.39 is 0 Å². The van der Waals surface area contributed by atoms with Gasteiger partial charge in [-0.1, -0.05) is 0 Å². The molecule has 5 rings (SSSR count). The Morgan fingerprint density at radius 1 is 1.14 bits per heavy atom. The molecule has 8 heteroatoms. The van der Waals surface area contributed by atoms with Crippen molar-refractivity contribution in [3.63, 3.8) is 0 Å². The fraction of sp³-hybridized carbons (Fsp3) is 0.571. The van der Waals surface area contributed by atoms with Crippen molar-refractivity contribution in [3.8, 4) is 0 Å². The van der Waals surface area contributed by atoms with Crippen LogP contribution in [0.2, 0.25) is 0 Å². The third-order valence-electron chi connectivity index (χ3n) is 6.28. The van der Waals surface area contributed by atoms with E-state index in [0.29, 0.717) is 5.92 Å². The van der Waals surface area contributed by atoms with Crippen LogP contribution in [0.4, 0.5) is 5.82 Å². The number of piperidine rings is 1. The number of aromatic nitrogens is 4. The SMILES string of the molecule is Cc1sc2nc(CN3CCOCC3)nc(N3CCC(c4ccn[nH]4)CC3)c2c1C. The van der Waals surface area contributed by atoms with Crippen molar-refractivity contribution in [2.45, 2.75) is 39.2 Å². The van der Waals surface area contributed by atoms with Crippen LogP contribution in [-0.2, 0) is 11.3 Å². The smallest absolute Gasteiger partial charge is 0.146 e. The van der Waals surface area contributed by atoms with Crippen LogP contribution in [0, 0.1) is 13.8 Å². The molecule has 0 saturated carbocycles. The number of anilines is 1. The first-order valence-corrected chi connectivity index (χ1v) is 11.3. The second-order valence-electron chi connectivity index (χ2n) is 8.09. The Bertz CT molecular complexity index is 971. The van der Waals surface area contributed by atoms with Crippen LogP contribution < -0.4 is 4.90 Å².